The van der Waals surface area contributed by atoms with Crippen LogP contribution in [0.3, 0.4) is 0 Å². The Hall–Kier alpha value is -4.39. The van der Waals surface area contributed by atoms with Gasteiger partial charge in [0.15, 0.2) is 11.3 Å². The van der Waals surface area contributed by atoms with E-state index in [0.717, 1.165) is 4.88 Å². The minimum Gasteiger partial charge on any atom is -0.480 e. The molecule has 5 nitrogen and oxygen atoms in total. The van der Waals surface area contributed by atoms with Gasteiger partial charge in [-0.1, -0.05) is 18.2 Å². The topological polar surface area (TPSA) is 83.8 Å². The molecule has 3 aromatic heterocycles. The van der Waals surface area contributed by atoms with Gasteiger partial charge in [0.1, 0.15) is 29.4 Å². The molecule has 0 aliphatic carbocycles. The van der Waals surface area contributed by atoms with Gasteiger partial charge in [-0.05, 0) is 67.3 Å². The molecule has 2 aromatic carbocycles. The largest absolute Gasteiger partial charge is 0.480 e. The monoisotopic (exact) mass is 574 g/mol. The molecule has 5 aromatic rings. The van der Waals surface area contributed by atoms with Crippen molar-refractivity contribution in [2.24, 2.45) is 0 Å². The van der Waals surface area contributed by atoms with E-state index < -0.39 is 5.60 Å². The average molecular weight is 575 g/mol. The first-order valence-corrected chi connectivity index (χ1v) is 14.9. The number of ether oxygens (including phenoxy) is 1. The highest BCUT2D eigenvalue weighted by Crippen LogP contribution is 2.45. The van der Waals surface area contributed by atoms with Crippen LogP contribution >= 0.6 is 34.0 Å². The van der Waals surface area contributed by atoms with Crippen LogP contribution in [0.5, 0.6) is 0 Å². The number of nitrogens with zero attached hydrogens (tertiary/aromatic N) is 4. The van der Waals surface area contributed by atoms with Gasteiger partial charge in [-0.25, -0.2) is 0 Å². The van der Waals surface area contributed by atoms with Crippen molar-refractivity contribution < 1.29 is 4.74 Å². The van der Waals surface area contributed by atoms with Crippen molar-refractivity contribution in [1.29, 1.82) is 15.8 Å². The van der Waals surface area contributed by atoms with E-state index in [-0.39, 0.29) is 16.9 Å². The second-order valence-corrected chi connectivity index (χ2v) is 13.4. The highest BCUT2D eigenvalue weighted by Gasteiger charge is 2.38. The first kappa shape index (κ1) is 25.9. The summed E-state index contributed by atoms with van der Waals surface area (Å²) in [5.74, 6) is 0.0571. The van der Waals surface area contributed by atoms with Crippen LogP contribution in [0.25, 0.3) is 46.1 Å². The van der Waals surface area contributed by atoms with Gasteiger partial charge in [-0.3, -0.25) is 0 Å². The summed E-state index contributed by atoms with van der Waals surface area (Å²) in [5.41, 5.74) is 2.28. The molecule has 0 spiro atoms. The molecule has 8 heteroatoms. The molecule has 194 valence electrons. The van der Waals surface area contributed by atoms with E-state index in [1.807, 2.05) is 60.8 Å². The number of thiophene rings is 3. The first-order valence-electron chi connectivity index (χ1n) is 12.5. The number of hydrogen-bond donors (Lipinski definition) is 0. The van der Waals surface area contributed by atoms with Crippen molar-refractivity contribution >= 4 is 75.3 Å². The second-order valence-electron chi connectivity index (χ2n) is 10.2. The maximum absolute atomic E-state index is 9.80. The minimum absolute atomic E-state index is 0.0571. The van der Waals surface area contributed by atoms with Crippen LogP contribution in [0.15, 0.2) is 77.1 Å². The molecule has 0 fully saturated rings. The highest BCUT2D eigenvalue weighted by molar-refractivity contribution is 7.34. The summed E-state index contributed by atoms with van der Waals surface area (Å²) >= 11 is 5.36. The maximum atomic E-state index is 9.80. The molecular formula is C32H22N4OS3. The molecule has 0 amide bonds. The van der Waals surface area contributed by atoms with Gasteiger partial charge in [0.05, 0.1) is 4.70 Å². The lowest BCUT2D eigenvalue weighted by molar-refractivity contribution is 0.0954. The number of benzene rings is 2. The third-order valence-electron chi connectivity index (χ3n) is 6.95. The Morgan fingerprint density at radius 2 is 1.62 bits per heavy atom. The third kappa shape index (κ3) is 4.26. The van der Waals surface area contributed by atoms with E-state index in [0.29, 0.717) is 5.57 Å². The van der Waals surface area contributed by atoms with Crippen LogP contribution in [-0.2, 0) is 4.74 Å². The molecule has 0 N–H and O–H groups in total. The molecular weight excluding hydrogens is 553 g/mol. The molecule has 40 heavy (non-hydrogen) atoms. The van der Waals surface area contributed by atoms with E-state index in [2.05, 4.69) is 73.6 Å². The predicted molar refractivity (Wildman–Crippen MR) is 167 cm³/mol. The van der Waals surface area contributed by atoms with Gasteiger partial charge < -0.3 is 9.64 Å². The smallest absolute Gasteiger partial charge is 0.172 e. The van der Waals surface area contributed by atoms with Gasteiger partial charge in [-0.15, -0.1) is 34.0 Å². The van der Waals surface area contributed by atoms with E-state index in [1.165, 1.54) is 45.7 Å². The Labute approximate surface area is 244 Å². The number of anilines is 1. The minimum atomic E-state index is -0.829. The Morgan fingerprint density at radius 3 is 2.30 bits per heavy atom. The molecule has 0 atom stereocenters. The Kier molecular flexibility index (Phi) is 6.25. The number of rotatable bonds is 4. The zero-order valence-corrected chi connectivity index (χ0v) is 24.6. The third-order valence-corrected chi connectivity index (χ3v) is 10.5. The van der Waals surface area contributed by atoms with Gasteiger partial charge in [-0.2, -0.15) is 15.8 Å². The molecule has 4 heterocycles. The SMILES string of the molecule is CN(C)c1ccc(-c2cc3sc4cc5sc(/C=C/C6=C(C#N)C(=C(C#N)C#N)OC6(C)C)cc5cc4c3s2)cc1. The zero-order valence-electron chi connectivity index (χ0n) is 22.2. The molecule has 6 rings (SSSR count). The van der Waals surface area contributed by atoms with Crippen LogP contribution < -0.4 is 4.90 Å². The molecule has 0 saturated heterocycles. The lowest BCUT2D eigenvalue weighted by Crippen LogP contribution is -2.20. The van der Waals surface area contributed by atoms with Gasteiger partial charge >= 0.3 is 0 Å². The summed E-state index contributed by atoms with van der Waals surface area (Å²) in [5, 5.41) is 30.9. The molecule has 0 unspecified atom stereocenters. The summed E-state index contributed by atoms with van der Waals surface area (Å²) in [6.45, 7) is 3.67. The molecule has 1 aliphatic heterocycles. The second kappa shape index (κ2) is 9.66. The fourth-order valence-electron chi connectivity index (χ4n) is 4.90. The number of hydrogen-bond acceptors (Lipinski definition) is 8. The van der Waals surface area contributed by atoms with Crippen molar-refractivity contribution in [3.63, 3.8) is 0 Å². The lowest BCUT2D eigenvalue weighted by atomic mass is 9.94. The molecule has 1 aliphatic rings. The number of fused-ring (bicyclic) bond motifs is 4. The Morgan fingerprint density at radius 1 is 0.875 bits per heavy atom. The van der Waals surface area contributed by atoms with Crippen molar-refractivity contribution in [3.05, 3.63) is 82.0 Å². The van der Waals surface area contributed by atoms with E-state index in [1.54, 1.807) is 11.3 Å². The van der Waals surface area contributed by atoms with Crippen molar-refractivity contribution in [3.8, 4) is 28.6 Å². The summed E-state index contributed by atoms with van der Waals surface area (Å²) in [6.07, 6.45) is 3.85. The normalized spacial score (nSPS) is 14.6. The van der Waals surface area contributed by atoms with Crippen LogP contribution in [0.2, 0.25) is 0 Å². The van der Waals surface area contributed by atoms with Crippen LogP contribution in [0.1, 0.15) is 18.7 Å². The van der Waals surface area contributed by atoms with Crippen LogP contribution in [0, 0.1) is 34.0 Å². The van der Waals surface area contributed by atoms with E-state index in [4.69, 9.17) is 4.74 Å². The summed E-state index contributed by atoms with van der Waals surface area (Å²) in [6, 6.07) is 23.5. The van der Waals surface area contributed by atoms with Crippen molar-refractivity contribution in [1.82, 2.24) is 0 Å². The van der Waals surface area contributed by atoms with Crippen molar-refractivity contribution in [2.45, 2.75) is 19.4 Å². The highest BCUT2D eigenvalue weighted by atomic mass is 32.1. The van der Waals surface area contributed by atoms with E-state index >= 15 is 0 Å². The number of allylic oxidation sites excluding steroid dienone is 2. The quantitative estimate of drug-likeness (QED) is 0.200. The zero-order chi connectivity index (χ0) is 28.2. The average Bonchev–Trinajstić information content (AvgIpc) is 3.66. The molecule has 0 saturated carbocycles. The standard InChI is InChI=1S/C32H22N4OS3/c1-32(2)25(24(17-35)30(37-32)20(15-33)16-34)10-9-22-11-19-12-23-28(13-27(19)38-22)39-29-14-26(40-31(23)29)18-5-7-21(8-6-18)36(3)4/h5-14H,1-4H3/b10-9+. The van der Waals surface area contributed by atoms with Gasteiger partial charge in [0.25, 0.3) is 0 Å². The van der Waals surface area contributed by atoms with Gasteiger partial charge in [0.2, 0.25) is 0 Å². The summed E-state index contributed by atoms with van der Waals surface area (Å²) in [4.78, 5) is 4.43. The summed E-state index contributed by atoms with van der Waals surface area (Å²) < 4.78 is 11.0. The van der Waals surface area contributed by atoms with Gasteiger partial charge in [0, 0.05) is 54.6 Å². The van der Waals surface area contributed by atoms with Crippen molar-refractivity contribution in [2.75, 3.05) is 19.0 Å². The lowest BCUT2D eigenvalue weighted by Gasteiger charge is -2.20. The molecule has 0 bridgehead atoms. The maximum Gasteiger partial charge on any atom is 0.172 e. The number of nitriles is 3. The molecule has 0 radical (unpaired) electrons. The summed E-state index contributed by atoms with van der Waals surface area (Å²) in [7, 11) is 4.10. The van der Waals surface area contributed by atoms with E-state index in [9.17, 15) is 15.8 Å². The fourth-order valence-corrected chi connectivity index (χ4v) is 8.51. The first-order chi connectivity index (χ1) is 19.2. The Balaban J connectivity index is 1.37. The Bertz CT molecular complexity index is 2040. The predicted octanol–water partition coefficient (Wildman–Crippen LogP) is 9.01. The van der Waals surface area contributed by atoms with Crippen LogP contribution in [0.4, 0.5) is 5.69 Å². The van der Waals surface area contributed by atoms with Crippen LogP contribution in [-0.4, -0.2) is 19.7 Å². The fraction of sp³-hybridized carbons (Fsp3) is 0.156.